The molecule has 1 aliphatic rings. The van der Waals surface area contributed by atoms with Crippen LogP contribution in [0.2, 0.25) is 0 Å². The van der Waals surface area contributed by atoms with Crippen LogP contribution in [-0.4, -0.2) is 30.9 Å². The molecular weight excluding hydrogens is 270 g/mol. The van der Waals surface area contributed by atoms with Crippen molar-refractivity contribution in [2.24, 2.45) is 0 Å². The van der Waals surface area contributed by atoms with Gasteiger partial charge >= 0.3 is 0 Å². The number of rotatable bonds is 5. The molecule has 0 aromatic heterocycles. The molecule has 0 unspecified atom stereocenters. The maximum Gasteiger partial charge on any atom is 0.147 e. The average molecular weight is 286 g/mol. The summed E-state index contributed by atoms with van der Waals surface area (Å²) in [6, 6.07) is 6.01. The van der Waals surface area contributed by atoms with Crippen LogP contribution in [0.5, 0.6) is 5.75 Å². The van der Waals surface area contributed by atoms with E-state index in [0.29, 0.717) is 5.88 Å². The summed E-state index contributed by atoms with van der Waals surface area (Å²) in [5, 5.41) is 0. The molecule has 3 nitrogen and oxygen atoms in total. The van der Waals surface area contributed by atoms with Gasteiger partial charge in [0.15, 0.2) is 0 Å². The first kappa shape index (κ1) is 13.4. The van der Waals surface area contributed by atoms with Crippen LogP contribution in [0.3, 0.4) is 0 Å². The van der Waals surface area contributed by atoms with Crippen molar-refractivity contribution in [2.75, 3.05) is 26.6 Å². The number of halogens is 1. The molecule has 5 heteroatoms. The van der Waals surface area contributed by atoms with E-state index in [4.69, 9.17) is 21.1 Å². The fourth-order valence-corrected chi connectivity index (χ4v) is 3.00. The van der Waals surface area contributed by atoms with Crippen molar-refractivity contribution in [1.29, 1.82) is 0 Å². The SMILES string of the molecule is COC1=CN(CCCCl)Sc2cccc(OC)c21. The van der Waals surface area contributed by atoms with Gasteiger partial charge in [-0.05, 0) is 30.5 Å². The Morgan fingerprint density at radius 1 is 1.28 bits per heavy atom. The van der Waals surface area contributed by atoms with Crippen molar-refractivity contribution in [3.8, 4) is 5.75 Å². The number of alkyl halides is 1. The second-order valence-electron chi connectivity index (χ2n) is 3.81. The molecule has 1 heterocycles. The van der Waals surface area contributed by atoms with Gasteiger partial charge in [-0.15, -0.1) is 11.6 Å². The smallest absolute Gasteiger partial charge is 0.147 e. The number of hydrogen-bond acceptors (Lipinski definition) is 4. The maximum atomic E-state index is 5.73. The van der Waals surface area contributed by atoms with Gasteiger partial charge < -0.3 is 13.8 Å². The van der Waals surface area contributed by atoms with Crippen LogP contribution < -0.4 is 4.74 Å². The van der Waals surface area contributed by atoms with Gasteiger partial charge in [0.25, 0.3) is 0 Å². The average Bonchev–Trinajstić information content (AvgIpc) is 2.43. The highest BCUT2D eigenvalue weighted by atomic mass is 35.5. The van der Waals surface area contributed by atoms with Crippen LogP contribution in [-0.2, 0) is 4.74 Å². The van der Waals surface area contributed by atoms with E-state index in [-0.39, 0.29) is 0 Å². The largest absolute Gasteiger partial charge is 0.496 e. The first-order valence-corrected chi connectivity index (χ1v) is 7.04. The van der Waals surface area contributed by atoms with E-state index in [2.05, 4.69) is 10.4 Å². The highest BCUT2D eigenvalue weighted by Gasteiger charge is 2.22. The predicted molar refractivity (Wildman–Crippen MR) is 75.9 cm³/mol. The van der Waals surface area contributed by atoms with E-state index in [1.807, 2.05) is 18.3 Å². The lowest BCUT2D eigenvalue weighted by atomic mass is 10.1. The fraction of sp³-hybridized carbons (Fsp3) is 0.385. The van der Waals surface area contributed by atoms with E-state index in [1.165, 1.54) is 0 Å². The summed E-state index contributed by atoms with van der Waals surface area (Å²) >= 11 is 7.41. The molecule has 0 amide bonds. The first-order chi connectivity index (χ1) is 8.80. The van der Waals surface area contributed by atoms with Crippen molar-refractivity contribution >= 4 is 29.3 Å². The van der Waals surface area contributed by atoms with Crippen LogP contribution in [0.25, 0.3) is 5.76 Å². The van der Waals surface area contributed by atoms with Crippen molar-refractivity contribution in [3.63, 3.8) is 0 Å². The highest BCUT2D eigenvalue weighted by molar-refractivity contribution is 7.97. The van der Waals surface area contributed by atoms with Gasteiger partial charge in [-0.3, -0.25) is 0 Å². The normalized spacial score (nSPS) is 13.9. The number of methoxy groups -OCH3 is 2. The Kier molecular flexibility index (Phi) is 4.66. The van der Waals surface area contributed by atoms with E-state index >= 15 is 0 Å². The monoisotopic (exact) mass is 285 g/mol. The van der Waals surface area contributed by atoms with E-state index in [0.717, 1.165) is 34.9 Å². The van der Waals surface area contributed by atoms with E-state index in [1.54, 1.807) is 26.2 Å². The second kappa shape index (κ2) is 6.25. The summed E-state index contributed by atoms with van der Waals surface area (Å²) in [7, 11) is 3.35. The Hall–Kier alpha value is -1.00. The van der Waals surface area contributed by atoms with Crippen LogP contribution in [0, 0.1) is 0 Å². The standard InChI is InChI=1S/C13H16ClNO2S/c1-16-10-5-3-6-12-13(10)11(17-2)9-15(18-12)8-4-7-14/h3,5-6,9H,4,7-8H2,1-2H3. The van der Waals surface area contributed by atoms with Crippen molar-refractivity contribution in [3.05, 3.63) is 30.0 Å². The van der Waals surface area contributed by atoms with Crippen LogP contribution in [0.4, 0.5) is 0 Å². The van der Waals surface area contributed by atoms with Crippen molar-refractivity contribution < 1.29 is 9.47 Å². The minimum atomic E-state index is 0.665. The second-order valence-corrected chi connectivity index (χ2v) is 5.27. The van der Waals surface area contributed by atoms with Gasteiger partial charge in [-0.25, -0.2) is 0 Å². The first-order valence-electron chi connectivity index (χ1n) is 5.74. The molecule has 1 aromatic carbocycles. The summed E-state index contributed by atoms with van der Waals surface area (Å²) in [6.45, 7) is 0.900. The molecule has 0 saturated carbocycles. The molecule has 0 bridgehead atoms. The van der Waals surface area contributed by atoms with Crippen LogP contribution >= 0.6 is 23.5 Å². The summed E-state index contributed by atoms with van der Waals surface area (Å²) in [4.78, 5) is 1.14. The zero-order valence-corrected chi connectivity index (χ0v) is 12.1. The Labute approximate surface area is 117 Å². The van der Waals surface area contributed by atoms with Gasteiger partial charge in [0.05, 0.1) is 26.0 Å². The van der Waals surface area contributed by atoms with Crippen LogP contribution in [0.1, 0.15) is 12.0 Å². The van der Waals surface area contributed by atoms with Crippen molar-refractivity contribution in [2.45, 2.75) is 11.3 Å². The summed E-state index contributed by atoms with van der Waals surface area (Å²) in [5.41, 5.74) is 1.02. The molecule has 98 valence electrons. The molecule has 0 spiro atoms. The fourth-order valence-electron chi connectivity index (χ4n) is 1.83. The molecule has 0 atom stereocenters. The van der Waals surface area contributed by atoms with Gasteiger partial charge in [0, 0.05) is 17.3 Å². The summed E-state index contributed by atoms with van der Waals surface area (Å²) in [6.07, 6.45) is 2.95. The number of fused-ring (bicyclic) bond motifs is 1. The third-order valence-corrected chi connectivity index (χ3v) is 3.99. The molecule has 0 radical (unpaired) electrons. The van der Waals surface area contributed by atoms with Crippen LogP contribution in [0.15, 0.2) is 29.3 Å². The van der Waals surface area contributed by atoms with Crippen molar-refractivity contribution in [1.82, 2.24) is 4.31 Å². The van der Waals surface area contributed by atoms with Gasteiger partial charge in [0.2, 0.25) is 0 Å². The molecule has 1 aromatic rings. The third-order valence-electron chi connectivity index (χ3n) is 2.66. The number of benzene rings is 1. The molecule has 0 saturated heterocycles. The molecule has 18 heavy (non-hydrogen) atoms. The van der Waals surface area contributed by atoms with E-state index in [9.17, 15) is 0 Å². The predicted octanol–water partition coefficient (Wildman–Crippen LogP) is 3.59. The lowest BCUT2D eigenvalue weighted by Gasteiger charge is -2.27. The summed E-state index contributed by atoms with van der Waals surface area (Å²) < 4.78 is 13.0. The molecule has 1 aliphatic heterocycles. The number of hydrogen-bond donors (Lipinski definition) is 0. The number of nitrogens with zero attached hydrogens (tertiary/aromatic N) is 1. The lowest BCUT2D eigenvalue weighted by Crippen LogP contribution is -2.16. The lowest BCUT2D eigenvalue weighted by molar-refractivity contribution is 0.352. The minimum Gasteiger partial charge on any atom is -0.496 e. The van der Waals surface area contributed by atoms with Gasteiger partial charge in [-0.1, -0.05) is 6.07 Å². The molecule has 2 rings (SSSR count). The Morgan fingerprint density at radius 3 is 2.78 bits per heavy atom. The zero-order valence-electron chi connectivity index (χ0n) is 10.5. The maximum absolute atomic E-state index is 5.73. The third kappa shape index (κ3) is 2.70. The Bertz CT molecular complexity index is 451. The molecule has 0 N–H and O–H groups in total. The Morgan fingerprint density at radius 2 is 2.11 bits per heavy atom. The number of ether oxygens (including phenoxy) is 2. The zero-order chi connectivity index (χ0) is 13.0. The molecule has 0 fully saturated rings. The van der Waals surface area contributed by atoms with E-state index < -0.39 is 0 Å². The Balaban J connectivity index is 2.32. The highest BCUT2D eigenvalue weighted by Crippen LogP contribution is 2.41. The molecule has 0 aliphatic carbocycles. The quantitative estimate of drug-likeness (QED) is 0.609. The molecular formula is C13H16ClNO2S. The topological polar surface area (TPSA) is 21.7 Å². The summed E-state index contributed by atoms with van der Waals surface area (Å²) in [5.74, 6) is 2.33. The van der Waals surface area contributed by atoms with Gasteiger partial charge in [0.1, 0.15) is 11.5 Å². The minimum absolute atomic E-state index is 0.665. The van der Waals surface area contributed by atoms with Gasteiger partial charge in [-0.2, -0.15) is 0 Å².